The molecule has 1 fully saturated rings. The van der Waals surface area contributed by atoms with E-state index in [9.17, 15) is 13.6 Å². The van der Waals surface area contributed by atoms with Crippen LogP contribution in [-0.2, 0) is 4.74 Å². The molecule has 0 unspecified atom stereocenters. The number of morpholine rings is 1. The first-order valence-electron chi connectivity index (χ1n) is 5.79. The third-order valence-electron chi connectivity index (χ3n) is 3.04. The fourth-order valence-corrected chi connectivity index (χ4v) is 2.13. The average molecular weight is 267 g/mol. The second-order valence-corrected chi connectivity index (χ2v) is 4.34. The molecule has 1 saturated heterocycles. The normalized spacial score (nSPS) is 18.7. The van der Waals surface area contributed by atoms with Crippen molar-refractivity contribution in [1.29, 1.82) is 0 Å². The van der Waals surface area contributed by atoms with Crippen molar-refractivity contribution in [3.8, 4) is 0 Å². The average Bonchev–Trinajstić information content (AvgIpc) is 2.37. The summed E-state index contributed by atoms with van der Waals surface area (Å²) in [6.07, 6.45) is -1.85. The first-order valence-corrected chi connectivity index (χ1v) is 5.79. The van der Waals surface area contributed by atoms with Crippen LogP contribution in [0.3, 0.4) is 0 Å². The second kappa shape index (κ2) is 4.27. The minimum Gasteiger partial charge on any atom is -0.360 e. The van der Waals surface area contributed by atoms with Gasteiger partial charge in [-0.25, -0.2) is 4.98 Å². The van der Waals surface area contributed by atoms with Gasteiger partial charge in [-0.1, -0.05) is 0 Å². The fourth-order valence-electron chi connectivity index (χ4n) is 2.13. The number of benzene rings is 1. The molecule has 100 valence electrons. The van der Waals surface area contributed by atoms with Crippen LogP contribution < -0.4 is 10.5 Å². The number of rotatable bonds is 1. The van der Waals surface area contributed by atoms with Crippen molar-refractivity contribution in [3.05, 3.63) is 34.9 Å². The summed E-state index contributed by atoms with van der Waals surface area (Å²) in [5.41, 5.74) is 0.841. The standard InChI is InChI=1S/C12H11F2N3O2/c13-12(14)6-17(3-4-19-12)8-1-2-9-10(5-8)15-7-16-11(9)18/h1-2,5,7H,3-4,6H2,(H,15,16,18). The molecule has 2 heterocycles. The molecule has 1 aliphatic heterocycles. The van der Waals surface area contributed by atoms with Gasteiger partial charge in [-0.2, -0.15) is 8.78 Å². The summed E-state index contributed by atoms with van der Waals surface area (Å²) < 4.78 is 30.7. The molecule has 5 nitrogen and oxygen atoms in total. The molecule has 0 bridgehead atoms. The lowest BCUT2D eigenvalue weighted by Gasteiger charge is -2.33. The van der Waals surface area contributed by atoms with Gasteiger partial charge < -0.3 is 14.6 Å². The Morgan fingerprint density at radius 3 is 3.05 bits per heavy atom. The summed E-state index contributed by atoms with van der Waals surface area (Å²) in [5, 5.41) is 0.436. The molecule has 1 aromatic heterocycles. The predicted molar refractivity (Wildman–Crippen MR) is 65.5 cm³/mol. The van der Waals surface area contributed by atoms with E-state index in [2.05, 4.69) is 14.7 Å². The lowest BCUT2D eigenvalue weighted by atomic mass is 10.2. The number of hydrogen-bond donors (Lipinski definition) is 1. The minimum atomic E-state index is -3.14. The van der Waals surface area contributed by atoms with Crippen molar-refractivity contribution in [1.82, 2.24) is 9.97 Å². The van der Waals surface area contributed by atoms with Crippen LogP contribution in [0.25, 0.3) is 10.9 Å². The van der Waals surface area contributed by atoms with Crippen LogP contribution >= 0.6 is 0 Å². The first kappa shape index (κ1) is 12.0. The van der Waals surface area contributed by atoms with Crippen molar-refractivity contribution in [2.45, 2.75) is 6.11 Å². The van der Waals surface area contributed by atoms with Crippen LogP contribution in [-0.4, -0.2) is 35.8 Å². The number of halogens is 2. The molecule has 0 saturated carbocycles. The molecule has 1 aromatic carbocycles. The van der Waals surface area contributed by atoms with Gasteiger partial charge in [0.15, 0.2) is 0 Å². The van der Waals surface area contributed by atoms with Gasteiger partial charge >= 0.3 is 6.11 Å². The summed E-state index contributed by atoms with van der Waals surface area (Å²) in [5.74, 6) is 0. The van der Waals surface area contributed by atoms with E-state index in [1.807, 2.05) is 0 Å². The zero-order valence-electron chi connectivity index (χ0n) is 9.90. The number of H-pyrrole nitrogens is 1. The van der Waals surface area contributed by atoms with Gasteiger partial charge in [0.25, 0.3) is 5.56 Å². The Balaban J connectivity index is 1.99. The smallest absolute Gasteiger partial charge is 0.360 e. The van der Waals surface area contributed by atoms with Gasteiger partial charge in [-0.3, -0.25) is 4.79 Å². The summed E-state index contributed by atoms with van der Waals surface area (Å²) in [7, 11) is 0. The Kier molecular flexibility index (Phi) is 2.70. The molecule has 19 heavy (non-hydrogen) atoms. The fraction of sp³-hybridized carbons (Fsp3) is 0.333. The van der Waals surface area contributed by atoms with Gasteiger partial charge in [0.2, 0.25) is 0 Å². The van der Waals surface area contributed by atoms with Crippen molar-refractivity contribution < 1.29 is 13.5 Å². The zero-order chi connectivity index (χ0) is 13.5. The predicted octanol–water partition coefficient (Wildman–Crippen LogP) is 1.35. The van der Waals surface area contributed by atoms with Crippen molar-refractivity contribution >= 4 is 16.6 Å². The molecule has 0 amide bonds. The number of aromatic nitrogens is 2. The van der Waals surface area contributed by atoms with E-state index >= 15 is 0 Å². The van der Waals surface area contributed by atoms with E-state index in [1.54, 1.807) is 18.2 Å². The maximum absolute atomic E-state index is 13.2. The van der Waals surface area contributed by atoms with E-state index in [0.29, 0.717) is 23.1 Å². The number of ether oxygens (including phenoxy) is 1. The third kappa shape index (κ3) is 2.28. The van der Waals surface area contributed by atoms with E-state index in [-0.39, 0.29) is 12.2 Å². The third-order valence-corrected chi connectivity index (χ3v) is 3.04. The van der Waals surface area contributed by atoms with Crippen LogP contribution in [0, 0.1) is 0 Å². The Labute approximate surface area is 106 Å². The zero-order valence-corrected chi connectivity index (χ0v) is 9.90. The number of anilines is 1. The molecule has 0 aliphatic carbocycles. The second-order valence-electron chi connectivity index (χ2n) is 4.34. The molecule has 0 atom stereocenters. The quantitative estimate of drug-likeness (QED) is 0.847. The summed E-state index contributed by atoms with van der Waals surface area (Å²) in [6, 6.07) is 4.86. The highest BCUT2D eigenvalue weighted by molar-refractivity contribution is 5.81. The van der Waals surface area contributed by atoms with Crippen molar-refractivity contribution in [2.24, 2.45) is 0 Å². The first-order chi connectivity index (χ1) is 9.05. The Morgan fingerprint density at radius 1 is 1.42 bits per heavy atom. The number of aromatic amines is 1. The number of hydrogen-bond acceptors (Lipinski definition) is 4. The monoisotopic (exact) mass is 267 g/mol. The van der Waals surface area contributed by atoms with Crippen LogP contribution in [0.2, 0.25) is 0 Å². The Bertz CT molecular complexity index is 671. The molecular weight excluding hydrogens is 256 g/mol. The Morgan fingerprint density at radius 2 is 2.26 bits per heavy atom. The lowest BCUT2D eigenvalue weighted by molar-refractivity contribution is -0.240. The van der Waals surface area contributed by atoms with Crippen LogP contribution in [0.1, 0.15) is 0 Å². The number of fused-ring (bicyclic) bond motifs is 1. The van der Waals surface area contributed by atoms with Crippen LogP contribution in [0.15, 0.2) is 29.3 Å². The molecule has 2 aromatic rings. The molecule has 3 rings (SSSR count). The minimum absolute atomic E-state index is 0.0339. The summed E-state index contributed by atoms with van der Waals surface area (Å²) in [4.78, 5) is 19.5. The molecule has 1 N–H and O–H groups in total. The largest absolute Gasteiger partial charge is 0.373 e. The number of nitrogens with one attached hydrogen (secondary N) is 1. The summed E-state index contributed by atoms with van der Waals surface area (Å²) >= 11 is 0. The van der Waals surface area contributed by atoms with Crippen molar-refractivity contribution in [3.63, 3.8) is 0 Å². The number of nitrogens with zero attached hydrogens (tertiary/aromatic N) is 2. The van der Waals surface area contributed by atoms with Gasteiger partial charge in [0.05, 0.1) is 23.8 Å². The van der Waals surface area contributed by atoms with Crippen molar-refractivity contribution in [2.75, 3.05) is 24.6 Å². The maximum Gasteiger partial charge on any atom is 0.373 e. The molecule has 1 aliphatic rings. The van der Waals surface area contributed by atoms with E-state index < -0.39 is 12.7 Å². The van der Waals surface area contributed by atoms with Crippen LogP contribution in [0.4, 0.5) is 14.5 Å². The van der Waals surface area contributed by atoms with E-state index in [0.717, 1.165) is 0 Å². The maximum atomic E-state index is 13.2. The topological polar surface area (TPSA) is 58.2 Å². The number of alkyl halides is 2. The van der Waals surface area contributed by atoms with Crippen LogP contribution in [0.5, 0.6) is 0 Å². The Hall–Kier alpha value is -2.02. The molecular formula is C12H11F2N3O2. The lowest BCUT2D eigenvalue weighted by Crippen LogP contribution is -2.46. The van der Waals surface area contributed by atoms with E-state index in [1.165, 1.54) is 11.2 Å². The SMILES string of the molecule is O=c1[nH]cnc2cc(N3CCOC(F)(F)C3)ccc12. The highest BCUT2D eigenvalue weighted by Gasteiger charge is 2.36. The molecule has 0 spiro atoms. The molecule has 0 radical (unpaired) electrons. The van der Waals surface area contributed by atoms with Gasteiger partial charge in [-0.15, -0.1) is 0 Å². The van der Waals surface area contributed by atoms with Gasteiger partial charge in [0, 0.05) is 12.2 Å². The highest BCUT2D eigenvalue weighted by Crippen LogP contribution is 2.26. The van der Waals surface area contributed by atoms with Gasteiger partial charge in [0.1, 0.15) is 6.54 Å². The molecule has 7 heteroatoms. The van der Waals surface area contributed by atoms with Gasteiger partial charge in [-0.05, 0) is 18.2 Å². The van der Waals surface area contributed by atoms with E-state index in [4.69, 9.17) is 0 Å². The summed E-state index contributed by atoms with van der Waals surface area (Å²) in [6.45, 7) is -0.153. The highest BCUT2D eigenvalue weighted by atomic mass is 19.3.